The second-order valence-corrected chi connectivity index (χ2v) is 5.36. The third-order valence-corrected chi connectivity index (χ3v) is 4.57. The first kappa shape index (κ1) is 12.7. The molecular weight excluding hydrogens is 308 g/mol. The molecule has 90 valence electrons. The minimum atomic E-state index is -0.796. The number of rotatable bonds is 2. The molecule has 0 aliphatic heterocycles. The predicted molar refractivity (Wildman–Crippen MR) is 67.4 cm³/mol. The summed E-state index contributed by atoms with van der Waals surface area (Å²) in [6.45, 7) is 0. The van der Waals surface area contributed by atoms with E-state index >= 15 is 0 Å². The van der Waals surface area contributed by atoms with Crippen LogP contribution in [0.5, 0.6) is 0 Å². The van der Waals surface area contributed by atoms with Gasteiger partial charge in [0, 0.05) is 10.0 Å². The van der Waals surface area contributed by atoms with Crippen LogP contribution in [-0.2, 0) is 10.3 Å². The normalized spacial score (nSPS) is 17.8. The van der Waals surface area contributed by atoms with Gasteiger partial charge in [-0.15, -0.1) is 0 Å². The van der Waals surface area contributed by atoms with E-state index < -0.39 is 5.54 Å². The fraction of sp³-hybridized carbons (Fsp3) is 0.417. The minimum Gasteiger partial charge on any atom is -0.211 e. The molecule has 1 aromatic carbocycles. The zero-order valence-electron chi connectivity index (χ0n) is 8.97. The lowest BCUT2D eigenvalue weighted by atomic mass is 9.88. The molecule has 5 heteroatoms. The maximum Gasteiger partial charge on any atom is 0.235 e. The van der Waals surface area contributed by atoms with Crippen LogP contribution in [-0.4, -0.2) is 6.08 Å². The van der Waals surface area contributed by atoms with Crippen LogP contribution in [0.15, 0.2) is 21.6 Å². The Hall–Kier alpha value is -0.700. The average molecular weight is 319 g/mol. The molecule has 2 nitrogen and oxygen atoms in total. The van der Waals surface area contributed by atoms with Crippen LogP contribution in [0, 0.1) is 5.82 Å². The topological polar surface area (TPSA) is 29.4 Å². The number of hydrogen-bond acceptors (Lipinski definition) is 2. The van der Waals surface area contributed by atoms with E-state index in [0.717, 1.165) is 12.8 Å². The van der Waals surface area contributed by atoms with Gasteiger partial charge in [-0.05, 0) is 40.9 Å². The number of nitrogens with zero attached hydrogens (tertiary/aromatic N) is 1. The molecule has 1 aromatic rings. The molecule has 1 aliphatic rings. The summed E-state index contributed by atoms with van der Waals surface area (Å²) in [5, 5.41) is 0.425. The Kier molecular flexibility index (Phi) is 3.67. The van der Waals surface area contributed by atoms with Crippen LogP contribution in [0.25, 0.3) is 0 Å². The van der Waals surface area contributed by atoms with E-state index in [-0.39, 0.29) is 5.82 Å². The largest absolute Gasteiger partial charge is 0.235 e. The quantitative estimate of drug-likeness (QED) is 0.453. The van der Waals surface area contributed by atoms with Crippen molar-refractivity contribution >= 4 is 33.6 Å². The molecular formula is C12H10BrClFNO. The summed E-state index contributed by atoms with van der Waals surface area (Å²) < 4.78 is 14.5. The zero-order valence-corrected chi connectivity index (χ0v) is 11.3. The van der Waals surface area contributed by atoms with Crippen molar-refractivity contribution in [3.05, 3.63) is 33.0 Å². The molecule has 1 saturated carbocycles. The number of benzene rings is 1. The van der Waals surface area contributed by atoms with Crippen molar-refractivity contribution in [3.63, 3.8) is 0 Å². The van der Waals surface area contributed by atoms with E-state index in [4.69, 9.17) is 11.6 Å². The van der Waals surface area contributed by atoms with Crippen molar-refractivity contribution in [1.29, 1.82) is 0 Å². The maximum absolute atomic E-state index is 14.0. The molecule has 17 heavy (non-hydrogen) atoms. The van der Waals surface area contributed by atoms with Crippen LogP contribution in [0.2, 0.25) is 5.02 Å². The second-order valence-electron chi connectivity index (χ2n) is 4.16. The Morgan fingerprint density at radius 1 is 1.41 bits per heavy atom. The molecule has 2 rings (SSSR count). The van der Waals surface area contributed by atoms with Crippen molar-refractivity contribution < 1.29 is 9.18 Å². The fourth-order valence-corrected chi connectivity index (χ4v) is 3.27. The van der Waals surface area contributed by atoms with Gasteiger partial charge >= 0.3 is 0 Å². The molecule has 1 aliphatic carbocycles. The summed E-state index contributed by atoms with van der Waals surface area (Å²) in [4.78, 5) is 14.4. The van der Waals surface area contributed by atoms with Crippen LogP contribution >= 0.6 is 27.5 Å². The van der Waals surface area contributed by atoms with Crippen molar-refractivity contribution in [3.8, 4) is 0 Å². The van der Waals surface area contributed by atoms with Crippen LogP contribution in [0.3, 0.4) is 0 Å². The number of aliphatic imine (C=N–C) groups is 1. The average Bonchev–Trinajstić information content (AvgIpc) is 2.74. The molecule has 0 radical (unpaired) electrons. The first-order chi connectivity index (χ1) is 8.10. The van der Waals surface area contributed by atoms with E-state index in [1.54, 1.807) is 6.08 Å². The van der Waals surface area contributed by atoms with Gasteiger partial charge in [0.1, 0.15) is 11.4 Å². The Morgan fingerprint density at radius 3 is 2.65 bits per heavy atom. The van der Waals surface area contributed by atoms with Gasteiger partial charge in [-0.1, -0.05) is 24.4 Å². The Balaban J connectivity index is 2.65. The second kappa shape index (κ2) is 4.89. The molecule has 0 spiro atoms. The minimum absolute atomic E-state index is 0.380. The Labute approximate surface area is 112 Å². The van der Waals surface area contributed by atoms with E-state index in [9.17, 15) is 9.18 Å². The highest BCUT2D eigenvalue weighted by Gasteiger charge is 2.39. The third-order valence-electron chi connectivity index (χ3n) is 3.20. The molecule has 0 bridgehead atoms. The Bertz CT molecular complexity index is 494. The van der Waals surface area contributed by atoms with Crippen LogP contribution in [0.4, 0.5) is 4.39 Å². The van der Waals surface area contributed by atoms with E-state index in [2.05, 4.69) is 20.9 Å². The zero-order chi connectivity index (χ0) is 12.5. The van der Waals surface area contributed by atoms with E-state index in [1.807, 2.05) is 0 Å². The van der Waals surface area contributed by atoms with Gasteiger partial charge in [-0.3, -0.25) is 0 Å². The lowest BCUT2D eigenvalue weighted by Gasteiger charge is -2.25. The predicted octanol–water partition coefficient (Wildman–Crippen LogP) is 4.35. The first-order valence-corrected chi connectivity index (χ1v) is 6.51. The van der Waals surface area contributed by atoms with Gasteiger partial charge in [0.05, 0.1) is 5.02 Å². The molecule has 0 atom stereocenters. The summed E-state index contributed by atoms with van der Waals surface area (Å²) in [6.07, 6.45) is 4.71. The standard InChI is InChI=1S/C12H10BrClFNO/c13-11-8(14)3-4-9(15)10(11)12(16-7-17)5-1-2-6-12/h3-4H,1-2,5-6H2. The lowest BCUT2D eigenvalue weighted by Crippen LogP contribution is -2.21. The first-order valence-electron chi connectivity index (χ1n) is 5.34. The summed E-state index contributed by atoms with van der Waals surface area (Å²) in [6, 6.07) is 2.79. The molecule has 0 saturated heterocycles. The molecule has 0 aromatic heterocycles. The molecule has 0 heterocycles. The van der Waals surface area contributed by atoms with Gasteiger partial charge in [0.15, 0.2) is 0 Å². The van der Waals surface area contributed by atoms with E-state index in [0.29, 0.717) is 27.9 Å². The number of isocyanates is 1. The lowest BCUT2D eigenvalue weighted by molar-refractivity contribution is 0.428. The highest BCUT2D eigenvalue weighted by molar-refractivity contribution is 9.10. The molecule has 0 amide bonds. The van der Waals surface area contributed by atoms with Gasteiger partial charge < -0.3 is 0 Å². The number of halogens is 3. The summed E-state index contributed by atoms with van der Waals surface area (Å²) in [5.41, 5.74) is -0.416. The van der Waals surface area contributed by atoms with Crippen molar-refractivity contribution in [2.75, 3.05) is 0 Å². The maximum atomic E-state index is 14.0. The summed E-state index contributed by atoms with van der Waals surface area (Å²) in [7, 11) is 0. The highest BCUT2D eigenvalue weighted by Crippen LogP contribution is 2.47. The third kappa shape index (κ3) is 2.17. The van der Waals surface area contributed by atoms with Gasteiger partial charge in [-0.25, -0.2) is 9.18 Å². The summed E-state index contributed by atoms with van der Waals surface area (Å²) in [5.74, 6) is -0.387. The summed E-state index contributed by atoms with van der Waals surface area (Å²) >= 11 is 9.26. The molecule has 0 unspecified atom stereocenters. The van der Waals surface area contributed by atoms with E-state index in [1.165, 1.54) is 12.1 Å². The molecule has 0 N–H and O–H groups in total. The number of carbonyl (C=O) groups excluding carboxylic acids is 1. The monoisotopic (exact) mass is 317 g/mol. The fourth-order valence-electron chi connectivity index (χ4n) is 2.42. The van der Waals surface area contributed by atoms with Crippen LogP contribution in [0.1, 0.15) is 31.2 Å². The van der Waals surface area contributed by atoms with Crippen molar-refractivity contribution in [2.45, 2.75) is 31.2 Å². The van der Waals surface area contributed by atoms with Crippen molar-refractivity contribution in [1.82, 2.24) is 0 Å². The van der Waals surface area contributed by atoms with Gasteiger partial charge in [-0.2, -0.15) is 4.99 Å². The smallest absolute Gasteiger partial charge is 0.211 e. The molecule has 1 fully saturated rings. The van der Waals surface area contributed by atoms with Gasteiger partial charge in [0.25, 0.3) is 0 Å². The Morgan fingerprint density at radius 2 is 2.06 bits per heavy atom. The van der Waals surface area contributed by atoms with Crippen molar-refractivity contribution in [2.24, 2.45) is 4.99 Å². The number of hydrogen-bond donors (Lipinski definition) is 0. The highest BCUT2D eigenvalue weighted by atomic mass is 79.9. The SMILES string of the molecule is O=C=NC1(c2c(F)ccc(Cl)c2Br)CCCC1. The van der Waals surface area contributed by atoms with Gasteiger partial charge in [0.2, 0.25) is 6.08 Å². The van der Waals surface area contributed by atoms with Crippen LogP contribution < -0.4 is 0 Å².